The molecule has 0 aliphatic carbocycles. The molecule has 1 N–H and O–H groups in total. The molecule has 0 aromatic heterocycles. The lowest BCUT2D eigenvalue weighted by atomic mass is 9.93. The van der Waals surface area contributed by atoms with Crippen molar-refractivity contribution in [1.29, 1.82) is 0 Å². The highest BCUT2D eigenvalue weighted by molar-refractivity contribution is 5.96. The third-order valence-corrected chi connectivity index (χ3v) is 5.35. The van der Waals surface area contributed by atoms with Crippen molar-refractivity contribution in [3.05, 3.63) is 100 Å². The van der Waals surface area contributed by atoms with Gasteiger partial charge in [0.2, 0.25) is 0 Å². The second kappa shape index (κ2) is 8.95. The zero-order chi connectivity index (χ0) is 21.0. The first-order valence-electron chi connectivity index (χ1n) is 10.0. The molecule has 3 heteroatoms. The van der Waals surface area contributed by atoms with E-state index in [1.165, 1.54) is 0 Å². The van der Waals surface area contributed by atoms with E-state index in [2.05, 4.69) is 50.4 Å². The Bertz CT molecular complexity index is 993. The third kappa shape index (κ3) is 4.51. The maximum atomic E-state index is 13.4. The standard InChI is InChI=1S/C26H29NO2/c1-17(2)22-16-23(19(4)15-24(22)29-5)26(28)27-25(20-12-7-6-8-13-20)21-14-10-9-11-18(21)3/h6-17,25H,1-5H3,(H,27,28)/t25-/m1/s1. The molecule has 3 aromatic carbocycles. The van der Waals surface area contributed by atoms with Crippen LogP contribution in [0.4, 0.5) is 0 Å². The number of hydrogen-bond acceptors (Lipinski definition) is 2. The summed E-state index contributed by atoms with van der Waals surface area (Å²) in [5, 5.41) is 3.27. The van der Waals surface area contributed by atoms with Crippen molar-refractivity contribution in [3.63, 3.8) is 0 Å². The van der Waals surface area contributed by atoms with E-state index in [1.807, 2.05) is 49.4 Å². The number of aryl methyl sites for hydroxylation is 2. The summed E-state index contributed by atoms with van der Waals surface area (Å²) in [7, 11) is 1.67. The number of carbonyl (C=O) groups excluding carboxylic acids is 1. The van der Waals surface area contributed by atoms with E-state index in [0.717, 1.165) is 33.6 Å². The van der Waals surface area contributed by atoms with Gasteiger partial charge >= 0.3 is 0 Å². The highest BCUT2D eigenvalue weighted by Gasteiger charge is 2.22. The van der Waals surface area contributed by atoms with Crippen LogP contribution in [-0.2, 0) is 0 Å². The fourth-order valence-electron chi connectivity index (χ4n) is 3.68. The zero-order valence-electron chi connectivity index (χ0n) is 17.8. The van der Waals surface area contributed by atoms with Crippen LogP contribution in [0.5, 0.6) is 5.75 Å². The van der Waals surface area contributed by atoms with E-state index in [9.17, 15) is 4.79 Å². The van der Waals surface area contributed by atoms with Crippen LogP contribution in [0.1, 0.15) is 64.0 Å². The lowest BCUT2D eigenvalue weighted by molar-refractivity contribution is 0.0942. The number of hydrogen-bond donors (Lipinski definition) is 1. The van der Waals surface area contributed by atoms with E-state index < -0.39 is 0 Å². The smallest absolute Gasteiger partial charge is 0.252 e. The quantitative estimate of drug-likeness (QED) is 0.567. The van der Waals surface area contributed by atoms with Gasteiger partial charge in [-0.05, 0) is 59.7 Å². The average molecular weight is 388 g/mol. The van der Waals surface area contributed by atoms with Crippen LogP contribution in [-0.4, -0.2) is 13.0 Å². The molecule has 3 aromatic rings. The molecule has 29 heavy (non-hydrogen) atoms. The van der Waals surface area contributed by atoms with E-state index in [0.29, 0.717) is 5.56 Å². The number of nitrogens with one attached hydrogen (secondary N) is 1. The molecule has 0 spiro atoms. The van der Waals surface area contributed by atoms with Crippen LogP contribution in [0.3, 0.4) is 0 Å². The topological polar surface area (TPSA) is 38.3 Å². The van der Waals surface area contributed by atoms with Crippen LogP contribution >= 0.6 is 0 Å². The first kappa shape index (κ1) is 20.7. The number of amides is 1. The molecule has 0 saturated carbocycles. The van der Waals surface area contributed by atoms with Crippen molar-refractivity contribution < 1.29 is 9.53 Å². The van der Waals surface area contributed by atoms with E-state index in [1.54, 1.807) is 7.11 Å². The normalized spacial score (nSPS) is 11.9. The Labute approximate surface area is 173 Å². The molecule has 0 aliphatic rings. The Morgan fingerprint density at radius 2 is 1.52 bits per heavy atom. The first-order chi connectivity index (χ1) is 13.9. The Balaban J connectivity index is 2.02. The van der Waals surface area contributed by atoms with Gasteiger partial charge in [-0.15, -0.1) is 0 Å². The largest absolute Gasteiger partial charge is 0.496 e. The van der Waals surface area contributed by atoms with Gasteiger partial charge in [0.05, 0.1) is 13.2 Å². The molecule has 3 nitrogen and oxygen atoms in total. The van der Waals surface area contributed by atoms with E-state index >= 15 is 0 Å². The molecule has 0 fully saturated rings. The first-order valence-corrected chi connectivity index (χ1v) is 10.0. The Morgan fingerprint density at radius 3 is 2.14 bits per heavy atom. The van der Waals surface area contributed by atoms with Crippen LogP contribution < -0.4 is 10.1 Å². The molecule has 0 heterocycles. The molecule has 0 radical (unpaired) electrons. The van der Waals surface area contributed by atoms with Gasteiger partial charge in [-0.2, -0.15) is 0 Å². The molecule has 1 amide bonds. The van der Waals surface area contributed by atoms with Gasteiger partial charge in [0.1, 0.15) is 5.75 Å². The average Bonchev–Trinajstić information content (AvgIpc) is 2.72. The van der Waals surface area contributed by atoms with Crippen molar-refractivity contribution in [2.24, 2.45) is 0 Å². The van der Waals surface area contributed by atoms with Crippen molar-refractivity contribution in [3.8, 4) is 5.75 Å². The predicted octanol–water partition coefficient (Wildman–Crippen LogP) is 5.95. The van der Waals surface area contributed by atoms with Gasteiger partial charge in [0.25, 0.3) is 5.91 Å². The van der Waals surface area contributed by atoms with Gasteiger partial charge in [0, 0.05) is 5.56 Å². The summed E-state index contributed by atoms with van der Waals surface area (Å²) in [4.78, 5) is 13.4. The summed E-state index contributed by atoms with van der Waals surface area (Å²) in [6.45, 7) is 8.24. The summed E-state index contributed by atoms with van der Waals surface area (Å²) >= 11 is 0. The van der Waals surface area contributed by atoms with Crippen molar-refractivity contribution in [1.82, 2.24) is 5.32 Å². The minimum absolute atomic E-state index is 0.0795. The van der Waals surface area contributed by atoms with E-state index in [-0.39, 0.29) is 17.9 Å². The number of benzene rings is 3. The lowest BCUT2D eigenvalue weighted by Crippen LogP contribution is -2.30. The minimum atomic E-state index is -0.214. The SMILES string of the molecule is COc1cc(C)c(C(=O)N[C@H](c2ccccc2)c2ccccc2C)cc1C(C)C. The predicted molar refractivity (Wildman–Crippen MR) is 119 cm³/mol. The molecule has 1 atom stereocenters. The number of methoxy groups -OCH3 is 1. The van der Waals surface area contributed by atoms with Gasteiger partial charge in [-0.25, -0.2) is 0 Å². The molecule has 0 bridgehead atoms. The maximum absolute atomic E-state index is 13.4. The van der Waals surface area contributed by atoms with Gasteiger partial charge in [0.15, 0.2) is 0 Å². The summed E-state index contributed by atoms with van der Waals surface area (Å²) in [6, 6.07) is 22.0. The van der Waals surface area contributed by atoms with Crippen LogP contribution in [0.15, 0.2) is 66.7 Å². The molecule has 3 rings (SSSR count). The molecular weight excluding hydrogens is 358 g/mol. The summed E-state index contributed by atoms with van der Waals surface area (Å²) in [6.07, 6.45) is 0. The Kier molecular flexibility index (Phi) is 6.38. The van der Waals surface area contributed by atoms with Gasteiger partial charge < -0.3 is 10.1 Å². The second-order valence-corrected chi connectivity index (χ2v) is 7.74. The van der Waals surface area contributed by atoms with Crippen LogP contribution in [0.25, 0.3) is 0 Å². The maximum Gasteiger partial charge on any atom is 0.252 e. The zero-order valence-corrected chi connectivity index (χ0v) is 17.8. The summed E-state index contributed by atoms with van der Waals surface area (Å²) in [5.41, 5.74) is 5.93. The molecule has 0 aliphatic heterocycles. The van der Waals surface area contributed by atoms with Crippen LogP contribution in [0, 0.1) is 13.8 Å². The second-order valence-electron chi connectivity index (χ2n) is 7.74. The summed E-state index contributed by atoms with van der Waals surface area (Å²) < 4.78 is 5.53. The van der Waals surface area contributed by atoms with Crippen molar-refractivity contribution >= 4 is 5.91 Å². The molecular formula is C26H29NO2. The van der Waals surface area contributed by atoms with Crippen molar-refractivity contribution in [2.45, 2.75) is 39.7 Å². The number of ether oxygens (including phenoxy) is 1. The Hall–Kier alpha value is -3.07. The summed E-state index contributed by atoms with van der Waals surface area (Å²) in [5.74, 6) is 1.01. The fraction of sp³-hybridized carbons (Fsp3) is 0.269. The monoisotopic (exact) mass is 387 g/mol. The van der Waals surface area contributed by atoms with Gasteiger partial charge in [-0.3, -0.25) is 4.79 Å². The van der Waals surface area contributed by atoms with Crippen molar-refractivity contribution in [2.75, 3.05) is 7.11 Å². The Morgan fingerprint density at radius 1 is 0.862 bits per heavy atom. The minimum Gasteiger partial charge on any atom is -0.496 e. The lowest BCUT2D eigenvalue weighted by Gasteiger charge is -2.23. The number of rotatable bonds is 6. The fourth-order valence-corrected chi connectivity index (χ4v) is 3.68. The molecule has 150 valence electrons. The van der Waals surface area contributed by atoms with Gasteiger partial charge in [-0.1, -0.05) is 68.4 Å². The third-order valence-electron chi connectivity index (χ3n) is 5.35. The molecule has 0 saturated heterocycles. The number of carbonyl (C=O) groups is 1. The van der Waals surface area contributed by atoms with E-state index in [4.69, 9.17) is 4.74 Å². The highest BCUT2D eigenvalue weighted by atomic mass is 16.5. The van der Waals surface area contributed by atoms with Crippen LogP contribution in [0.2, 0.25) is 0 Å². The molecule has 0 unspecified atom stereocenters. The highest BCUT2D eigenvalue weighted by Crippen LogP contribution is 2.31.